The number of fused-ring (bicyclic) bond motifs is 1. The van der Waals surface area contributed by atoms with Crippen LogP contribution in [0, 0.1) is 5.92 Å². The molecule has 102 valence electrons. The number of carbonyl (C=O) groups excluding carboxylic acids is 1. The average Bonchev–Trinajstić information content (AvgIpc) is 2.57. The van der Waals surface area contributed by atoms with Gasteiger partial charge in [-0.3, -0.25) is 4.79 Å². The van der Waals surface area contributed by atoms with Crippen LogP contribution in [0.4, 0.5) is 5.13 Å². The molecule has 0 bridgehead atoms. The standard InChI is InChI=1S/C12H19N3OS.ClH/c1-7-3-4-9-10(5-7)17-12(14-9)15-11(16)6-8(2)13;/h7-8H,3-6,13H2,1-2H3,(H,14,15,16);1H. The molecule has 1 aromatic rings. The maximum Gasteiger partial charge on any atom is 0.227 e. The molecule has 2 atom stereocenters. The molecule has 1 heterocycles. The number of hydrogen-bond donors (Lipinski definition) is 2. The summed E-state index contributed by atoms with van der Waals surface area (Å²) in [6.45, 7) is 4.09. The van der Waals surface area contributed by atoms with E-state index in [0.29, 0.717) is 6.42 Å². The lowest BCUT2D eigenvalue weighted by atomic mass is 9.93. The number of halogens is 1. The van der Waals surface area contributed by atoms with E-state index in [1.165, 1.54) is 17.0 Å². The molecule has 2 rings (SSSR count). The molecular formula is C12H20ClN3OS. The molecule has 1 aliphatic carbocycles. The number of aryl methyl sites for hydroxylation is 1. The van der Waals surface area contributed by atoms with Crippen LogP contribution in [0.3, 0.4) is 0 Å². The van der Waals surface area contributed by atoms with Crippen LogP contribution >= 0.6 is 23.7 Å². The highest BCUT2D eigenvalue weighted by Gasteiger charge is 2.20. The van der Waals surface area contributed by atoms with Gasteiger partial charge in [0, 0.05) is 17.3 Å². The van der Waals surface area contributed by atoms with Gasteiger partial charge >= 0.3 is 0 Å². The van der Waals surface area contributed by atoms with E-state index in [1.807, 2.05) is 6.92 Å². The lowest BCUT2D eigenvalue weighted by molar-refractivity contribution is -0.116. The van der Waals surface area contributed by atoms with E-state index in [0.717, 1.165) is 23.9 Å². The van der Waals surface area contributed by atoms with E-state index in [2.05, 4.69) is 17.2 Å². The molecule has 3 N–H and O–H groups in total. The van der Waals surface area contributed by atoms with Crippen molar-refractivity contribution in [1.82, 2.24) is 4.98 Å². The molecule has 0 aliphatic heterocycles. The number of hydrogen-bond acceptors (Lipinski definition) is 4. The molecule has 0 saturated heterocycles. The Kier molecular flexibility index (Phi) is 5.56. The number of aromatic nitrogens is 1. The fourth-order valence-corrected chi connectivity index (χ4v) is 3.24. The van der Waals surface area contributed by atoms with E-state index in [4.69, 9.17) is 5.73 Å². The van der Waals surface area contributed by atoms with Crippen molar-refractivity contribution in [1.29, 1.82) is 0 Å². The molecule has 1 aliphatic rings. The van der Waals surface area contributed by atoms with E-state index in [1.54, 1.807) is 11.3 Å². The summed E-state index contributed by atoms with van der Waals surface area (Å²) < 4.78 is 0. The number of nitrogens with zero attached hydrogens (tertiary/aromatic N) is 1. The predicted molar refractivity (Wildman–Crippen MR) is 77.4 cm³/mol. The second-order valence-corrected chi connectivity index (χ2v) is 6.05. The van der Waals surface area contributed by atoms with Gasteiger partial charge < -0.3 is 11.1 Å². The van der Waals surface area contributed by atoms with E-state index >= 15 is 0 Å². The molecule has 4 nitrogen and oxygen atoms in total. The third-order valence-electron chi connectivity index (χ3n) is 2.94. The van der Waals surface area contributed by atoms with E-state index < -0.39 is 0 Å². The third kappa shape index (κ3) is 3.93. The van der Waals surface area contributed by atoms with Crippen LogP contribution < -0.4 is 11.1 Å². The van der Waals surface area contributed by atoms with Gasteiger partial charge in [-0.25, -0.2) is 4.98 Å². The third-order valence-corrected chi connectivity index (χ3v) is 3.98. The lowest BCUT2D eigenvalue weighted by Crippen LogP contribution is -2.23. The molecule has 1 aromatic heterocycles. The Morgan fingerprint density at radius 3 is 3.06 bits per heavy atom. The number of nitrogens with one attached hydrogen (secondary N) is 1. The van der Waals surface area contributed by atoms with Crippen LogP contribution in [0.5, 0.6) is 0 Å². The average molecular weight is 290 g/mol. The van der Waals surface area contributed by atoms with Gasteiger partial charge in [-0.05, 0) is 32.1 Å². The topological polar surface area (TPSA) is 68.0 Å². The highest BCUT2D eigenvalue weighted by atomic mass is 35.5. The van der Waals surface area contributed by atoms with Gasteiger partial charge in [-0.1, -0.05) is 6.92 Å². The van der Waals surface area contributed by atoms with Crippen LogP contribution in [-0.4, -0.2) is 16.9 Å². The van der Waals surface area contributed by atoms with Gasteiger partial charge in [0.1, 0.15) is 0 Å². The molecule has 18 heavy (non-hydrogen) atoms. The SMILES string of the molecule is CC(N)CC(=O)Nc1nc2c(s1)CC(C)CC2.Cl. The van der Waals surface area contributed by atoms with E-state index in [9.17, 15) is 4.79 Å². The van der Waals surface area contributed by atoms with Crippen molar-refractivity contribution in [2.75, 3.05) is 5.32 Å². The normalized spacial score (nSPS) is 19.6. The summed E-state index contributed by atoms with van der Waals surface area (Å²) in [7, 11) is 0. The zero-order chi connectivity index (χ0) is 12.4. The maximum absolute atomic E-state index is 11.6. The smallest absolute Gasteiger partial charge is 0.227 e. The van der Waals surface area contributed by atoms with Crippen LogP contribution in [0.25, 0.3) is 0 Å². The molecule has 0 radical (unpaired) electrons. The summed E-state index contributed by atoms with van der Waals surface area (Å²) in [6, 6.07) is -0.107. The Balaban J connectivity index is 0.00000162. The minimum absolute atomic E-state index is 0. The molecule has 1 amide bonds. The first kappa shape index (κ1) is 15.4. The van der Waals surface area contributed by atoms with Crippen molar-refractivity contribution in [3.8, 4) is 0 Å². The summed E-state index contributed by atoms with van der Waals surface area (Å²) in [4.78, 5) is 17.4. The quantitative estimate of drug-likeness (QED) is 0.897. The summed E-state index contributed by atoms with van der Waals surface area (Å²) in [6.07, 6.45) is 3.68. The second kappa shape index (κ2) is 6.50. The monoisotopic (exact) mass is 289 g/mol. The van der Waals surface area contributed by atoms with Crippen LogP contribution in [0.1, 0.15) is 37.3 Å². The number of thiazole rings is 1. The van der Waals surface area contributed by atoms with Crippen LogP contribution in [-0.2, 0) is 17.6 Å². The first-order valence-corrected chi connectivity index (χ1v) is 6.90. The fraction of sp³-hybridized carbons (Fsp3) is 0.667. The van der Waals surface area contributed by atoms with Crippen molar-refractivity contribution in [3.05, 3.63) is 10.6 Å². The van der Waals surface area contributed by atoms with Crippen molar-refractivity contribution in [3.63, 3.8) is 0 Å². The minimum Gasteiger partial charge on any atom is -0.327 e. The molecule has 0 fully saturated rings. The fourth-order valence-electron chi connectivity index (χ4n) is 2.06. The zero-order valence-corrected chi connectivity index (χ0v) is 12.4. The zero-order valence-electron chi connectivity index (χ0n) is 10.7. The van der Waals surface area contributed by atoms with Crippen LogP contribution in [0.15, 0.2) is 0 Å². The molecule has 6 heteroatoms. The van der Waals surface area contributed by atoms with Gasteiger partial charge in [0.05, 0.1) is 5.69 Å². The number of carbonyl (C=O) groups is 1. The van der Waals surface area contributed by atoms with Crippen molar-refractivity contribution in [2.24, 2.45) is 11.7 Å². The van der Waals surface area contributed by atoms with Gasteiger partial charge in [0.25, 0.3) is 0 Å². The van der Waals surface area contributed by atoms with Crippen LogP contribution in [0.2, 0.25) is 0 Å². The summed E-state index contributed by atoms with van der Waals surface area (Å²) in [5.41, 5.74) is 6.76. The Morgan fingerprint density at radius 2 is 2.39 bits per heavy atom. The maximum atomic E-state index is 11.6. The number of rotatable bonds is 3. The highest BCUT2D eigenvalue weighted by molar-refractivity contribution is 7.15. The van der Waals surface area contributed by atoms with Gasteiger partial charge in [0.15, 0.2) is 5.13 Å². The first-order valence-electron chi connectivity index (χ1n) is 6.08. The Morgan fingerprint density at radius 1 is 1.67 bits per heavy atom. The molecule has 0 saturated carbocycles. The molecular weight excluding hydrogens is 270 g/mol. The number of nitrogens with two attached hydrogens (primary N) is 1. The first-order chi connectivity index (χ1) is 8.04. The minimum atomic E-state index is -0.107. The number of amides is 1. The van der Waals surface area contributed by atoms with Crippen molar-refractivity contribution >= 4 is 34.8 Å². The number of anilines is 1. The summed E-state index contributed by atoms with van der Waals surface area (Å²) >= 11 is 1.61. The highest BCUT2D eigenvalue weighted by Crippen LogP contribution is 2.32. The largest absolute Gasteiger partial charge is 0.327 e. The Hall–Kier alpha value is -0.650. The van der Waals surface area contributed by atoms with Crippen molar-refractivity contribution < 1.29 is 4.79 Å². The summed E-state index contributed by atoms with van der Waals surface area (Å²) in [5.74, 6) is 0.690. The predicted octanol–water partition coefficient (Wildman–Crippen LogP) is 2.37. The van der Waals surface area contributed by atoms with Gasteiger partial charge in [-0.15, -0.1) is 23.7 Å². The Labute approximate surface area is 118 Å². The van der Waals surface area contributed by atoms with E-state index in [-0.39, 0.29) is 24.4 Å². The van der Waals surface area contributed by atoms with Crippen molar-refractivity contribution in [2.45, 2.75) is 45.6 Å². The molecule has 2 unspecified atom stereocenters. The lowest BCUT2D eigenvalue weighted by Gasteiger charge is -2.15. The van der Waals surface area contributed by atoms with Gasteiger partial charge in [0.2, 0.25) is 5.91 Å². The summed E-state index contributed by atoms with van der Waals surface area (Å²) in [5, 5.41) is 3.57. The Bertz CT molecular complexity index is 419. The van der Waals surface area contributed by atoms with Gasteiger partial charge in [-0.2, -0.15) is 0 Å². The molecule has 0 aromatic carbocycles. The molecule has 0 spiro atoms. The second-order valence-electron chi connectivity index (χ2n) is 4.97.